The Morgan fingerprint density at radius 3 is 2.50 bits per heavy atom. The van der Waals surface area contributed by atoms with Crippen LogP contribution in [0.25, 0.3) is 0 Å². The van der Waals surface area contributed by atoms with Gasteiger partial charge in [0.1, 0.15) is 6.04 Å². The summed E-state index contributed by atoms with van der Waals surface area (Å²) in [6.45, 7) is 10.3. The number of fused-ring (bicyclic) bond motifs is 1. The van der Waals surface area contributed by atoms with Gasteiger partial charge in [-0.15, -0.1) is 5.10 Å². The van der Waals surface area contributed by atoms with Gasteiger partial charge in [0.25, 0.3) is 0 Å². The van der Waals surface area contributed by atoms with E-state index < -0.39 is 6.04 Å². The highest BCUT2D eigenvalue weighted by molar-refractivity contribution is 7.98. The van der Waals surface area contributed by atoms with E-state index in [1.807, 2.05) is 45.0 Å². The number of anilines is 1. The number of aromatic nitrogens is 3. The van der Waals surface area contributed by atoms with Gasteiger partial charge in [-0.3, -0.25) is 0 Å². The van der Waals surface area contributed by atoms with Crippen molar-refractivity contribution in [3.8, 4) is 0 Å². The minimum absolute atomic E-state index is 0.317. The summed E-state index contributed by atoms with van der Waals surface area (Å²) in [4.78, 5) is 17.6. The van der Waals surface area contributed by atoms with Gasteiger partial charge in [-0.2, -0.15) is 4.98 Å². The monoisotopic (exact) mass is 448 g/mol. The van der Waals surface area contributed by atoms with Crippen molar-refractivity contribution >= 4 is 23.7 Å². The third kappa shape index (κ3) is 4.43. The van der Waals surface area contributed by atoms with Crippen molar-refractivity contribution in [2.75, 3.05) is 11.9 Å². The highest BCUT2D eigenvalue weighted by atomic mass is 32.2. The molecule has 0 bridgehead atoms. The van der Waals surface area contributed by atoms with E-state index in [0.29, 0.717) is 23.3 Å². The van der Waals surface area contributed by atoms with Gasteiger partial charge in [0.05, 0.1) is 12.2 Å². The van der Waals surface area contributed by atoms with Crippen LogP contribution in [0, 0.1) is 20.8 Å². The maximum atomic E-state index is 12.9. The summed E-state index contributed by atoms with van der Waals surface area (Å²) < 4.78 is 7.17. The standard InChI is InChI=1S/C25H28N4O2S/c1-6-31-23(30)21-18(5)26-24-27-25(32-14-20-12-9-16(3)13-17(20)4)28-29(24)22(21)19-10-7-15(2)8-11-19/h7-13,22H,6,14H2,1-5H3,(H,26,27,28)/t22-/m1/s1. The molecule has 0 saturated heterocycles. The first-order chi connectivity index (χ1) is 15.4. The molecule has 4 rings (SSSR count). The Balaban J connectivity index is 1.68. The molecule has 0 saturated carbocycles. The molecule has 1 atom stereocenters. The van der Waals surface area contributed by atoms with Crippen LogP contribution < -0.4 is 5.32 Å². The number of esters is 1. The van der Waals surface area contributed by atoms with Crippen LogP contribution in [0.2, 0.25) is 0 Å². The first-order valence-electron chi connectivity index (χ1n) is 10.7. The molecule has 1 N–H and O–H groups in total. The van der Waals surface area contributed by atoms with Crippen molar-refractivity contribution < 1.29 is 9.53 Å². The van der Waals surface area contributed by atoms with Crippen molar-refractivity contribution in [3.05, 3.63) is 81.6 Å². The molecule has 0 amide bonds. The van der Waals surface area contributed by atoms with E-state index >= 15 is 0 Å². The molecule has 0 radical (unpaired) electrons. The second-order valence-corrected chi connectivity index (χ2v) is 9.02. The van der Waals surface area contributed by atoms with Crippen LogP contribution in [-0.4, -0.2) is 27.3 Å². The van der Waals surface area contributed by atoms with Crippen LogP contribution in [0.4, 0.5) is 5.95 Å². The minimum Gasteiger partial charge on any atom is -0.463 e. The van der Waals surface area contributed by atoms with Crippen LogP contribution in [0.5, 0.6) is 0 Å². The number of carbonyl (C=O) groups is 1. The molecule has 3 aromatic rings. The highest BCUT2D eigenvalue weighted by Crippen LogP contribution is 2.37. The van der Waals surface area contributed by atoms with Crippen molar-refractivity contribution in [3.63, 3.8) is 0 Å². The maximum Gasteiger partial charge on any atom is 0.338 e. The van der Waals surface area contributed by atoms with E-state index in [2.05, 4.69) is 37.4 Å². The van der Waals surface area contributed by atoms with E-state index in [1.165, 1.54) is 16.7 Å². The quantitative estimate of drug-likeness (QED) is 0.405. The number of allylic oxidation sites excluding steroid dienone is 1. The lowest BCUT2D eigenvalue weighted by atomic mass is 9.95. The Hall–Kier alpha value is -3.06. The van der Waals surface area contributed by atoms with Gasteiger partial charge in [-0.1, -0.05) is 65.4 Å². The Kier molecular flexibility index (Phi) is 6.37. The number of nitrogens with zero attached hydrogens (tertiary/aromatic N) is 3. The summed E-state index contributed by atoms with van der Waals surface area (Å²) in [6.07, 6.45) is 0. The number of carbonyl (C=O) groups excluding carboxylic acids is 1. The van der Waals surface area contributed by atoms with Gasteiger partial charge in [-0.05, 0) is 51.3 Å². The summed E-state index contributed by atoms with van der Waals surface area (Å²) in [5.41, 5.74) is 7.20. The Morgan fingerprint density at radius 2 is 1.81 bits per heavy atom. The third-order valence-electron chi connectivity index (χ3n) is 5.58. The molecule has 0 unspecified atom stereocenters. The fourth-order valence-corrected chi connectivity index (χ4v) is 4.78. The highest BCUT2D eigenvalue weighted by Gasteiger charge is 2.35. The topological polar surface area (TPSA) is 69.0 Å². The lowest BCUT2D eigenvalue weighted by molar-refractivity contribution is -0.139. The molecule has 6 nitrogen and oxygen atoms in total. The Bertz CT molecular complexity index is 1180. The second kappa shape index (κ2) is 9.20. The second-order valence-electron chi connectivity index (χ2n) is 8.08. The molecule has 7 heteroatoms. The number of hydrogen-bond acceptors (Lipinski definition) is 6. The van der Waals surface area contributed by atoms with Gasteiger partial charge in [-0.25, -0.2) is 9.48 Å². The lowest BCUT2D eigenvalue weighted by Crippen LogP contribution is -2.29. The molecular weight excluding hydrogens is 420 g/mol. The Morgan fingerprint density at radius 1 is 1.09 bits per heavy atom. The van der Waals surface area contributed by atoms with Crippen molar-refractivity contribution in [2.45, 2.75) is 51.6 Å². The fourth-order valence-electron chi connectivity index (χ4n) is 3.87. The van der Waals surface area contributed by atoms with Crippen LogP contribution in [0.3, 0.4) is 0 Å². The number of nitrogens with one attached hydrogen (secondary N) is 1. The van der Waals surface area contributed by atoms with Gasteiger partial charge in [0.2, 0.25) is 11.1 Å². The molecule has 2 aromatic carbocycles. The molecule has 0 aliphatic carbocycles. The fraction of sp³-hybridized carbons (Fsp3) is 0.320. The summed E-state index contributed by atoms with van der Waals surface area (Å²) in [6, 6.07) is 14.2. The molecular formula is C25H28N4O2S. The number of hydrogen-bond donors (Lipinski definition) is 1. The third-order valence-corrected chi connectivity index (χ3v) is 6.46. The molecule has 166 valence electrons. The number of aryl methyl sites for hydroxylation is 3. The average Bonchev–Trinajstić information content (AvgIpc) is 3.15. The van der Waals surface area contributed by atoms with Crippen LogP contribution in [0.15, 0.2) is 58.9 Å². The zero-order valence-corrected chi connectivity index (χ0v) is 19.9. The van der Waals surface area contributed by atoms with Crippen molar-refractivity contribution in [1.29, 1.82) is 0 Å². The molecule has 0 fully saturated rings. The number of thioether (sulfide) groups is 1. The zero-order valence-electron chi connectivity index (χ0n) is 19.1. The predicted molar refractivity (Wildman–Crippen MR) is 128 cm³/mol. The van der Waals surface area contributed by atoms with E-state index in [1.54, 1.807) is 16.4 Å². The van der Waals surface area contributed by atoms with Gasteiger partial charge >= 0.3 is 5.97 Å². The van der Waals surface area contributed by atoms with Gasteiger partial charge in [0, 0.05) is 11.4 Å². The summed E-state index contributed by atoms with van der Waals surface area (Å²) >= 11 is 1.59. The first kappa shape index (κ1) is 22.1. The molecule has 2 heterocycles. The van der Waals surface area contributed by atoms with Crippen molar-refractivity contribution in [1.82, 2.24) is 14.8 Å². The largest absolute Gasteiger partial charge is 0.463 e. The summed E-state index contributed by atoms with van der Waals surface area (Å²) in [5.74, 6) is 1.07. The van der Waals surface area contributed by atoms with Gasteiger partial charge in [0.15, 0.2) is 0 Å². The molecule has 1 aliphatic rings. The van der Waals surface area contributed by atoms with E-state index in [9.17, 15) is 4.79 Å². The first-order valence-corrected chi connectivity index (χ1v) is 11.7. The normalized spacial score (nSPS) is 15.3. The lowest BCUT2D eigenvalue weighted by Gasteiger charge is -2.28. The van der Waals surface area contributed by atoms with Crippen LogP contribution in [0.1, 0.15) is 47.7 Å². The molecule has 32 heavy (non-hydrogen) atoms. The van der Waals surface area contributed by atoms with Crippen LogP contribution >= 0.6 is 11.8 Å². The number of rotatable bonds is 6. The van der Waals surface area contributed by atoms with E-state index in [-0.39, 0.29) is 5.97 Å². The zero-order chi connectivity index (χ0) is 22.8. The smallest absolute Gasteiger partial charge is 0.338 e. The molecule has 0 spiro atoms. The summed E-state index contributed by atoms with van der Waals surface area (Å²) in [7, 11) is 0. The number of benzene rings is 2. The average molecular weight is 449 g/mol. The molecule has 1 aliphatic heterocycles. The van der Waals surface area contributed by atoms with Crippen molar-refractivity contribution in [2.24, 2.45) is 0 Å². The van der Waals surface area contributed by atoms with Crippen LogP contribution in [-0.2, 0) is 15.3 Å². The predicted octanol–water partition coefficient (Wildman–Crippen LogP) is 5.35. The SMILES string of the molecule is CCOC(=O)C1=C(C)Nc2nc(SCc3ccc(C)cc3C)nn2[C@@H]1c1ccc(C)cc1. The molecule has 1 aromatic heterocycles. The van der Waals surface area contributed by atoms with E-state index in [4.69, 9.17) is 14.8 Å². The minimum atomic E-state index is -0.395. The van der Waals surface area contributed by atoms with Gasteiger partial charge < -0.3 is 10.1 Å². The summed E-state index contributed by atoms with van der Waals surface area (Å²) in [5, 5.41) is 8.71. The Labute approximate surface area is 193 Å². The maximum absolute atomic E-state index is 12.9. The van der Waals surface area contributed by atoms with E-state index in [0.717, 1.165) is 22.6 Å². The number of ether oxygens (including phenoxy) is 1.